The quantitative estimate of drug-likeness (QED) is 0.431. The van der Waals surface area contributed by atoms with Crippen LogP contribution in [0, 0.1) is 0 Å². The molecule has 0 N–H and O–H groups in total. The molecule has 0 spiro atoms. The van der Waals surface area contributed by atoms with Crippen LogP contribution in [0.25, 0.3) is 0 Å². The van der Waals surface area contributed by atoms with E-state index in [-0.39, 0.29) is 0 Å². The third kappa shape index (κ3) is 3.74. The third-order valence-electron chi connectivity index (χ3n) is 0.510. The summed E-state index contributed by atoms with van der Waals surface area (Å²) in [6.45, 7) is 1.68. The molecule has 0 aliphatic rings. The zero-order valence-corrected chi connectivity index (χ0v) is 4.28. The molecule has 0 aromatic carbocycles. The van der Waals surface area contributed by atoms with Crippen molar-refractivity contribution in [2.24, 2.45) is 0 Å². The van der Waals surface area contributed by atoms with E-state index < -0.39 is 6.85 Å². The van der Waals surface area contributed by atoms with Crippen LogP contribution in [-0.2, 0) is 0 Å². The molecular formula is C6H12. The Labute approximate surface area is 44.1 Å². The van der Waals surface area contributed by atoms with Gasteiger partial charge in [-0.15, -0.1) is 0 Å². The summed E-state index contributed by atoms with van der Waals surface area (Å²) in [5.74, 6) is 0. The van der Waals surface area contributed by atoms with Crippen molar-refractivity contribution < 1.29 is 4.11 Å². The fraction of sp³-hybridized carbons (Fsp3) is 0.667. The van der Waals surface area contributed by atoms with Crippen molar-refractivity contribution >= 4 is 0 Å². The predicted molar refractivity (Wildman–Crippen MR) is 29.7 cm³/mol. The summed E-state index contributed by atoms with van der Waals surface area (Å²) in [6.07, 6.45) is 2.53. The fourth-order valence-electron chi connectivity index (χ4n) is 0.306. The number of hydrogen-bond donors (Lipinski definition) is 0. The largest absolute Gasteiger partial charge is 0.0862 e. The maximum atomic E-state index is 6.91. The molecule has 0 saturated heterocycles. The summed E-state index contributed by atoms with van der Waals surface area (Å²) in [5, 5.41) is 0. The first-order valence-corrected chi connectivity index (χ1v) is 2.15. The first-order chi connectivity index (χ1) is 3.98. The molecule has 0 unspecified atom stereocenters. The normalized spacial score (nSPS) is 21.7. The molecule has 0 aromatic heterocycles. The molecule has 0 aromatic rings. The van der Waals surface area contributed by atoms with Crippen LogP contribution < -0.4 is 0 Å². The molecule has 0 radical (unpaired) electrons. The lowest BCUT2D eigenvalue weighted by molar-refractivity contribution is 1.18. The number of hydrogen-bond acceptors (Lipinski definition) is 0. The van der Waals surface area contributed by atoms with Gasteiger partial charge in [-0.1, -0.05) is 18.6 Å². The highest BCUT2D eigenvalue weighted by Crippen LogP contribution is 1.88. The molecular weight excluding hydrogens is 72.1 g/mol. The molecule has 0 amide bonds. The molecule has 0 saturated carbocycles. The monoisotopic (exact) mass is 87.1 g/mol. The second-order valence-corrected chi connectivity index (χ2v) is 1.30. The lowest BCUT2D eigenvalue weighted by Crippen LogP contribution is -1.58. The van der Waals surface area contributed by atoms with E-state index in [0.29, 0.717) is 5.57 Å². The first kappa shape index (κ1) is 2.15. The minimum atomic E-state index is -1.88. The maximum absolute atomic E-state index is 6.91. The Morgan fingerprint density at radius 1 is 2.00 bits per heavy atom. The van der Waals surface area contributed by atoms with Crippen LogP contribution >= 0.6 is 0 Å². The van der Waals surface area contributed by atoms with Gasteiger partial charge in [0, 0.05) is 4.11 Å². The molecule has 0 nitrogen and oxygen atoms in total. The molecule has 0 aliphatic heterocycles. The van der Waals surface area contributed by atoms with Gasteiger partial charge >= 0.3 is 0 Å². The Balaban J connectivity index is 4.03. The van der Waals surface area contributed by atoms with E-state index in [1.807, 2.05) is 6.92 Å². The van der Waals surface area contributed by atoms with E-state index in [1.54, 1.807) is 13.0 Å². The lowest BCUT2D eigenvalue weighted by Gasteiger charge is -1.80. The standard InChI is InChI=1S/C6H12/c1-4-5-6(2)3/h5H,4H2,1-3H3/i2D3/b6-5-. The molecule has 36 valence electrons. The van der Waals surface area contributed by atoms with Gasteiger partial charge in [-0.05, 0) is 20.2 Å². The van der Waals surface area contributed by atoms with Gasteiger partial charge < -0.3 is 0 Å². The van der Waals surface area contributed by atoms with E-state index in [9.17, 15) is 0 Å². The highest BCUT2D eigenvalue weighted by atomic mass is 13.7. The van der Waals surface area contributed by atoms with Crippen LogP contribution in [0.4, 0.5) is 0 Å². The van der Waals surface area contributed by atoms with Crippen LogP contribution in [-0.4, -0.2) is 0 Å². The van der Waals surface area contributed by atoms with Gasteiger partial charge in [-0.2, -0.15) is 0 Å². The zero-order valence-electron chi connectivity index (χ0n) is 7.28. The average Bonchev–Trinajstić information content (AvgIpc) is 1.64. The highest BCUT2D eigenvalue weighted by molar-refractivity contribution is 4.91. The lowest BCUT2D eigenvalue weighted by atomic mass is 10.3. The summed E-state index contributed by atoms with van der Waals surface area (Å²) in [6, 6.07) is 0. The van der Waals surface area contributed by atoms with E-state index >= 15 is 0 Å². The zero-order chi connectivity index (χ0) is 7.49. The SMILES string of the molecule is [2H]C([2H])([2H])/C(C)=C/CC. The Bertz CT molecular complexity index is 110. The van der Waals surface area contributed by atoms with Gasteiger partial charge in [0.1, 0.15) is 0 Å². The van der Waals surface area contributed by atoms with Crippen LogP contribution in [0.15, 0.2) is 11.6 Å². The smallest absolute Gasteiger partial charge is 0.0276 e. The minimum Gasteiger partial charge on any atom is -0.0862 e. The molecule has 0 heteroatoms. The molecule has 0 rings (SSSR count). The van der Waals surface area contributed by atoms with Crippen LogP contribution in [0.1, 0.15) is 31.2 Å². The predicted octanol–water partition coefficient (Wildman–Crippen LogP) is 2.36. The Hall–Kier alpha value is -0.260. The van der Waals surface area contributed by atoms with Crippen LogP contribution in [0.2, 0.25) is 0 Å². The van der Waals surface area contributed by atoms with Gasteiger partial charge in [0.2, 0.25) is 0 Å². The number of rotatable bonds is 1. The second kappa shape index (κ2) is 2.95. The minimum absolute atomic E-state index is 0.491. The summed E-state index contributed by atoms with van der Waals surface area (Å²) in [4.78, 5) is 0. The van der Waals surface area contributed by atoms with Gasteiger partial charge in [0.05, 0.1) is 0 Å². The van der Waals surface area contributed by atoms with Gasteiger partial charge in [-0.25, -0.2) is 0 Å². The fourth-order valence-corrected chi connectivity index (χ4v) is 0.306. The van der Waals surface area contributed by atoms with Gasteiger partial charge in [0.25, 0.3) is 0 Å². The van der Waals surface area contributed by atoms with E-state index in [1.165, 1.54) is 0 Å². The molecule has 0 fully saturated rings. The number of allylic oxidation sites excluding steroid dienone is 2. The van der Waals surface area contributed by atoms with Crippen molar-refractivity contribution in [2.75, 3.05) is 0 Å². The van der Waals surface area contributed by atoms with Crippen molar-refractivity contribution in [3.63, 3.8) is 0 Å². The van der Waals surface area contributed by atoms with Crippen molar-refractivity contribution in [3.8, 4) is 0 Å². The Morgan fingerprint density at radius 3 is 2.83 bits per heavy atom. The summed E-state index contributed by atoms with van der Waals surface area (Å²) in [5.41, 5.74) is 0.491. The molecule has 0 aliphatic carbocycles. The molecule has 6 heavy (non-hydrogen) atoms. The molecule has 0 bridgehead atoms. The van der Waals surface area contributed by atoms with E-state index in [2.05, 4.69) is 0 Å². The first-order valence-electron chi connectivity index (χ1n) is 3.65. The van der Waals surface area contributed by atoms with E-state index in [0.717, 1.165) is 6.42 Å². The third-order valence-corrected chi connectivity index (χ3v) is 0.510. The van der Waals surface area contributed by atoms with Gasteiger partial charge in [-0.3, -0.25) is 0 Å². The Kier molecular flexibility index (Phi) is 1.06. The maximum Gasteiger partial charge on any atom is 0.0276 e. The average molecular weight is 87.2 g/mol. The van der Waals surface area contributed by atoms with Crippen LogP contribution in [0.3, 0.4) is 0 Å². The van der Waals surface area contributed by atoms with Crippen molar-refractivity contribution in [1.29, 1.82) is 0 Å². The second-order valence-electron chi connectivity index (χ2n) is 1.30. The molecule has 0 atom stereocenters. The van der Waals surface area contributed by atoms with Crippen molar-refractivity contribution in [2.45, 2.75) is 27.1 Å². The molecule has 0 heterocycles. The summed E-state index contributed by atoms with van der Waals surface area (Å²) >= 11 is 0. The highest BCUT2D eigenvalue weighted by Gasteiger charge is 1.67. The summed E-state index contributed by atoms with van der Waals surface area (Å²) in [7, 11) is 0. The van der Waals surface area contributed by atoms with E-state index in [4.69, 9.17) is 4.11 Å². The van der Waals surface area contributed by atoms with Crippen molar-refractivity contribution in [3.05, 3.63) is 11.6 Å². The van der Waals surface area contributed by atoms with Gasteiger partial charge in [0.15, 0.2) is 0 Å². The Morgan fingerprint density at radius 2 is 2.67 bits per heavy atom. The summed E-state index contributed by atoms with van der Waals surface area (Å²) < 4.78 is 20.7. The van der Waals surface area contributed by atoms with Crippen molar-refractivity contribution in [1.82, 2.24) is 0 Å². The van der Waals surface area contributed by atoms with Crippen LogP contribution in [0.5, 0.6) is 0 Å². The topological polar surface area (TPSA) is 0 Å².